The fourth-order valence-electron chi connectivity index (χ4n) is 1.45. The van der Waals surface area contributed by atoms with E-state index < -0.39 is 5.60 Å². The molecule has 84 valence electrons. The molecular formula is C10H17N3O2. The van der Waals surface area contributed by atoms with Crippen molar-refractivity contribution in [3.05, 3.63) is 11.9 Å². The first-order valence-electron chi connectivity index (χ1n) is 5.12. The maximum absolute atomic E-state index is 11.8. The van der Waals surface area contributed by atoms with Crippen molar-refractivity contribution < 1.29 is 9.90 Å². The first kappa shape index (κ1) is 11.8. The Morgan fingerprint density at radius 3 is 2.53 bits per heavy atom. The number of aryl methyl sites for hydroxylation is 1. The molecule has 0 saturated heterocycles. The van der Waals surface area contributed by atoms with Crippen LogP contribution in [0, 0.1) is 0 Å². The van der Waals surface area contributed by atoms with Crippen molar-refractivity contribution >= 4 is 5.78 Å². The molecule has 0 amide bonds. The average Bonchev–Trinajstić information content (AvgIpc) is 2.62. The van der Waals surface area contributed by atoms with Crippen LogP contribution in [0.3, 0.4) is 0 Å². The molecule has 0 unspecified atom stereocenters. The summed E-state index contributed by atoms with van der Waals surface area (Å²) in [5.74, 6) is -0.187. The molecule has 1 aromatic rings. The molecule has 0 bridgehead atoms. The van der Waals surface area contributed by atoms with E-state index in [9.17, 15) is 9.90 Å². The van der Waals surface area contributed by atoms with E-state index in [1.807, 2.05) is 0 Å². The van der Waals surface area contributed by atoms with Crippen molar-refractivity contribution in [3.63, 3.8) is 0 Å². The molecule has 15 heavy (non-hydrogen) atoms. The van der Waals surface area contributed by atoms with Gasteiger partial charge in [-0.1, -0.05) is 19.1 Å². The van der Waals surface area contributed by atoms with Gasteiger partial charge in [0.25, 0.3) is 0 Å². The third kappa shape index (κ3) is 2.62. The topological polar surface area (TPSA) is 68.0 Å². The van der Waals surface area contributed by atoms with Crippen LogP contribution in [0.1, 0.15) is 32.4 Å². The second-order valence-electron chi connectivity index (χ2n) is 3.72. The maximum Gasteiger partial charge on any atom is 0.170 e. The van der Waals surface area contributed by atoms with Crippen molar-refractivity contribution in [2.24, 2.45) is 7.05 Å². The van der Waals surface area contributed by atoms with Gasteiger partial charge in [-0.2, -0.15) is 0 Å². The Labute approximate surface area is 89.1 Å². The summed E-state index contributed by atoms with van der Waals surface area (Å²) in [5, 5.41) is 17.5. The van der Waals surface area contributed by atoms with Crippen LogP contribution in [0.2, 0.25) is 0 Å². The predicted molar refractivity (Wildman–Crippen MR) is 55.2 cm³/mol. The molecule has 0 saturated carbocycles. The van der Waals surface area contributed by atoms with Gasteiger partial charge in [0.05, 0.1) is 12.1 Å². The quantitative estimate of drug-likeness (QED) is 0.769. The lowest BCUT2D eigenvalue weighted by Gasteiger charge is -2.22. The van der Waals surface area contributed by atoms with Gasteiger partial charge in [0.1, 0.15) is 5.60 Å². The zero-order valence-corrected chi connectivity index (χ0v) is 9.40. The van der Waals surface area contributed by atoms with Crippen LogP contribution in [0.15, 0.2) is 6.20 Å². The Bertz CT molecular complexity index is 342. The molecule has 0 aliphatic rings. The van der Waals surface area contributed by atoms with Crippen LogP contribution < -0.4 is 0 Å². The fourth-order valence-corrected chi connectivity index (χ4v) is 1.45. The van der Waals surface area contributed by atoms with E-state index in [0.717, 1.165) is 0 Å². The lowest BCUT2D eigenvalue weighted by Crippen LogP contribution is -2.38. The number of nitrogens with zero attached hydrogens (tertiary/aromatic N) is 3. The summed E-state index contributed by atoms with van der Waals surface area (Å²) >= 11 is 0. The number of aromatic nitrogens is 3. The molecule has 0 spiro atoms. The summed E-state index contributed by atoms with van der Waals surface area (Å²) in [4.78, 5) is 11.8. The molecule has 0 fully saturated rings. The zero-order valence-electron chi connectivity index (χ0n) is 9.40. The third-order valence-electron chi connectivity index (χ3n) is 2.68. The highest BCUT2D eigenvalue weighted by Gasteiger charge is 2.31. The second-order valence-corrected chi connectivity index (χ2v) is 3.72. The molecule has 1 N–H and O–H groups in total. The highest BCUT2D eigenvalue weighted by atomic mass is 16.3. The van der Waals surface area contributed by atoms with Gasteiger partial charge >= 0.3 is 0 Å². The van der Waals surface area contributed by atoms with Gasteiger partial charge in [-0.05, 0) is 12.8 Å². The van der Waals surface area contributed by atoms with Crippen LogP contribution >= 0.6 is 0 Å². The van der Waals surface area contributed by atoms with Gasteiger partial charge in [0.2, 0.25) is 0 Å². The largest absolute Gasteiger partial charge is 0.382 e. The minimum atomic E-state index is -1.21. The Morgan fingerprint density at radius 1 is 1.53 bits per heavy atom. The average molecular weight is 211 g/mol. The molecular weight excluding hydrogens is 194 g/mol. The molecule has 0 aromatic carbocycles. The molecule has 0 atom stereocenters. The first-order valence-corrected chi connectivity index (χ1v) is 5.12. The van der Waals surface area contributed by atoms with E-state index in [4.69, 9.17) is 0 Å². The monoisotopic (exact) mass is 211 g/mol. The first-order chi connectivity index (χ1) is 7.01. The highest BCUT2D eigenvalue weighted by Crippen LogP contribution is 2.17. The lowest BCUT2D eigenvalue weighted by atomic mass is 9.90. The fraction of sp³-hybridized carbons (Fsp3) is 0.700. The Balaban J connectivity index is 2.70. The maximum atomic E-state index is 11.8. The number of Topliss-reactive ketones (excluding diaryl/α,β-unsaturated/α-hetero) is 1. The van der Waals surface area contributed by atoms with Crippen molar-refractivity contribution in [1.82, 2.24) is 15.0 Å². The smallest absolute Gasteiger partial charge is 0.170 e. The standard InChI is InChI=1S/C10H17N3O2/c1-4-10(15,5-2)9(14)6-8-7-13(3)12-11-8/h7,15H,4-6H2,1-3H3. The number of rotatable bonds is 5. The highest BCUT2D eigenvalue weighted by molar-refractivity contribution is 5.88. The molecule has 1 aromatic heterocycles. The molecule has 0 aliphatic carbocycles. The van der Waals surface area contributed by atoms with E-state index in [1.54, 1.807) is 31.8 Å². The zero-order chi connectivity index (χ0) is 11.5. The molecule has 0 aliphatic heterocycles. The van der Waals surface area contributed by atoms with Gasteiger partial charge in [-0.15, -0.1) is 5.10 Å². The van der Waals surface area contributed by atoms with Crippen LogP contribution in [0.25, 0.3) is 0 Å². The molecule has 1 rings (SSSR count). The number of carbonyl (C=O) groups is 1. The summed E-state index contributed by atoms with van der Waals surface area (Å²) in [6.07, 6.45) is 2.70. The Morgan fingerprint density at radius 2 is 2.13 bits per heavy atom. The summed E-state index contributed by atoms with van der Waals surface area (Å²) in [5.41, 5.74) is -0.611. The van der Waals surface area contributed by atoms with E-state index >= 15 is 0 Å². The van der Waals surface area contributed by atoms with E-state index in [2.05, 4.69) is 10.3 Å². The SMILES string of the molecule is CCC(O)(CC)C(=O)Cc1cn(C)nn1. The number of hydrogen-bond donors (Lipinski definition) is 1. The van der Waals surface area contributed by atoms with Gasteiger partial charge in [-0.25, -0.2) is 0 Å². The van der Waals surface area contributed by atoms with Crippen LogP contribution in [0.5, 0.6) is 0 Å². The lowest BCUT2D eigenvalue weighted by molar-refractivity contribution is -0.137. The number of ketones is 1. The van der Waals surface area contributed by atoms with Crippen molar-refractivity contribution in [1.29, 1.82) is 0 Å². The summed E-state index contributed by atoms with van der Waals surface area (Å²) < 4.78 is 1.54. The predicted octanol–water partition coefficient (Wildman–Crippen LogP) is 0.478. The van der Waals surface area contributed by atoms with Crippen LogP contribution in [-0.2, 0) is 18.3 Å². The summed E-state index contributed by atoms with van der Waals surface area (Å²) in [7, 11) is 1.74. The van der Waals surface area contributed by atoms with Gasteiger partial charge in [-0.3, -0.25) is 9.48 Å². The minimum absolute atomic E-state index is 0.145. The van der Waals surface area contributed by atoms with E-state index in [-0.39, 0.29) is 12.2 Å². The molecule has 5 nitrogen and oxygen atoms in total. The van der Waals surface area contributed by atoms with Crippen molar-refractivity contribution in [3.8, 4) is 0 Å². The molecule has 5 heteroatoms. The van der Waals surface area contributed by atoms with Gasteiger partial charge in [0.15, 0.2) is 5.78 Å². The second kappa shape index (κ2) is 4.53. The normalized spacial score (nSPS) is 11.7. The number of hydrogen-bond acceptors (Lipinski definition) is 4. The molecule has 1 heterocycles. The van der Waals surface area contributed by atoms with Gasteiger partial charge in [0, 0.05) is 13.2 Å². The van der Waals surface area contributed by atoms with E-state index in [0.29, 0.717) is 18.5 Å². The number of carbonyl (C=O) groups excluding carboxylic acids is 1. The van der Waals surface area contributed by atoms with Crippen LogP contribution in [-0.4, -0.2) is 31.5 Å². The Kier molecular flexibility index (Phi) is 3.57. The third-order valence-corrected chi connectivity index (χ3v) is 2.68. The minimum Gasteiger partial charge on any atom is -0.382 e. The van der Waals surface area contributed by atoms with Gasteiger partial charge < -0.3 is 5.11 Å². The Hall–Kier alpha value is -1.23. The summed E-state index contributed by atoms with van der Waals surface area (Å²) in [6.45, 7) is 3.61. The summed E-state index contributed by atoms with van der Waals surface area (Å²) in [6, 6.07) is 0. The number of aliphatic hydroxyl groups is 1. The molecule has 0 radical (unpaired) electrons. The van der Waals surface area contributed by atoms with Crippen LogP contribution in [0.4, 0.5) is 0 Å². The van der Waals surface area contributed by atoms with Crippen molar-refractivity contribution in [2.45, 2.75) is 38.7 Å². The van der Waals surface area contributed by atoms with E-state index in [1.165, 1.54) is 0 Å². The van der Waals surface area contributed by atoms with Crippen molar-refractivity contribution in [2.75, 3.05) is 0 Å².